The molecule has 0 aliphatic heterocycles. The molecule has 2 aromatic rings. The van der Waals surface area contributed by atoms with Crippen LogP contribution in [0.3, 0.4) is 0 Å². The van der Waals surface area contributed by atoms with Crippen molar-refractivity contribution in [1.82, 2.24) is 9.97 Å². The van der Waals surface area contributed by atoms with Gasteiger partial charge in [-0.05, 0) is 24.6 Å². The minimum Gasteiger partial charge on any atom is -0.494 e. The van der Waals surface area contributed by atoms with Gasteiger partial charge in [0.1, 0.15) is 11.6 Å². The van der Waals surface area contributed by atoms with Crippen LogP contribution in [0.4, 0.5) is 11.8 Å². The van der Waals surface area contributed by atoms with Crippen LogP contribution in [0.15, 0.2) is 42.6 Å². The summed E-state index contributed by atoms with van der Waals surface area (Å²) in [4.78, 5) is 10.4. The van der Waals surface area contributed by atoms with Gasteiger partial charge in [-0.3, -0.25) is 0 Å². The summed E-state index contributed by atoms with van der Waals surface area (Å²) in [6.45, 7) is 1.50. The lowest BCUT2D eigenvalue weighted by atomic mass is 10.3. The SMILES string of the molecule is CN(C)c1nccc(NCCCOc2ccccc2)n1. The molecule has 0 saturated heterocycles. The second-order valence-corrected chi connectivity index (χ2v) is 4.58. The minimum atomic E-state index is 0.683. The highest BCUT2D eigenvalue weighted by molar-refractivity contribution is 5.40. The van der Waals surface area contributed by atoms with Crippen molar-refractivity contribution in [3.8, 4) is 5.75 Å². The Hall–Kier alpha value is -2.30. The average molecular weight is 272 g/mol. The van der Waals surface area contributed by atoms with E-state index in [0.29, 0.717) is 12.6 Å². The first kappa shape index (κ1) is 14.1. The maximum absolute atomic E-state index is 5.62. The Bertz CT molecular complexity index is 516. The van der Waals surface area contributed by atoms with E-state index in [1.54, 1.807) is 6.20 Å². The molecule has 0 radical (unpaired) electrons. The highest BCUT2D eigenvalue weighted by Crippen LogP contribution is 2.09. The lowest BCUT2D eigenvalue weighted by molar-refractivity contribution is 0.315. The van der Waals surface area contributed by atoms with E-state index in [1.807, 2.05) is 55.4 Å². The molecule has 1 heterocycles. The van der Waals surface area contributed by atoms with E-state index in [2.05, 4.69) is 15.3 Å². The summed E-state index contributed by atoms with van der Waals surface area (Å²) in [5.74, 6) is 2.45. The van der Waals surface area contributed by atoms with Crippen molar-refractivity contribution in [3.63, 3.8) is 0 Å². The largest absolute Gasteiger partial charge is 0.494 e. The third-order valence-electron chi connectivity index (χ3n) is 2.68. The summed E-state index contributed by atoms with van der Waals surface area (Å²) in [5, 5.41) is 3.27. The summed E-state index contributed by atoms with van der Waals surface area (Å²) in [6, 6.07) is 11.7. The van der Waals surface area contributed by atoms with Crippen molar-refractivity contribution in [2.24, 2.45) is 0 Å². The second kappa shape index (κ2) is 7.33. The molecular weight excluding hydrogens is 252 g/mol. The fourth-order valence-corrected chi connectivity index (χ4v) is 1.66. The summed E-state index contributed by atoms with van der Waals surface area (Å²) >= 11 is 0. The predicted octanol–water partition coefficient (Wildman–Crippen LogP) is 2.42. The molecule has 2 rings (SSSR count). The Morgan fingerprint density at radius 3 is 2.70 bits per heavy atom. The van der Waals surface area contributed by atoms with Crippen LogP contribution in [0, 0.1) is 0 Å². The summed E-state index contributed by atoms with van der Waals surface area (Å²) in [5.41, 5.74) is 0. The van der Waals surface area contributed by atoms with Crippen LogP contribution >= 0.6 is 0 Å². The van der Waals surface area contributed by atoms with Crippen molar-refractivity contribution >= 4 is 11.8 Å². The molecule has 1 aromatic heterocycles. The van der Waals surface area contributed by atoms with Gasteiger partial charge in [0.2, 0.25) is 5.95 Å². The van der Waals surface area contributed by atoms with Gasteiger partial charge in [0.25, 0.3) is 0 Å². The zero-order chi connectivity index (χ0) is 14.2. The molecule has 0 bridgehead atoms. The number of aromatic nitrogens is 2. The molecule has 1 N–H and O–H groups in total. The maximum Gasteiger partial charge on any atom is 0.226 e. The highest BCUT2D eigenvalue weighted by atomic mass is 16.5. The number of hydrogen-bond acceptors (Lipinski definition) is 5. The van der Waals surface area contributed by atoms with Gasteiger partial charge in [-0.1, -0.05) is 18.2 Å². The van der Waals surface area contributed by atoms with Gasteiger partial charge in [-0.15, -0.1) is 0 Å². The van der Waals surface area contributed by atoms with Crippen molar-refractivity contribution in [1.29, 1.82) is 0 Å². The molecule has 0 atom stereocenters. The van der Waals surface area contributed by atoms with E-state index in [-0.39, 0.29) is 0 Å². The van der Waals surface area contributed by atoms with E-state index in [1.165, 1.54) is 0 Å². The third-order valence-corrected chi connectivity index (χ3v) is 2.68. The number of ether oxygens (including phenoxy) is 1. The lowest BCUT2D eigenvalue weighted by Crippen LogP contribution is -2.14. The number of anilines is 2. The van der Waals surface area contributed by atoms with Gasteiger partial charge in [-0.2, -0.15) is 4.98 Å². The average Bonchev–Trinajstić information content (AvgIpc) is 2.48. The molecule has 0 aliphatic rings. The molecular formula is C15H20N4O. The predicted molar refractivity (Wildman–Crippen MR) is 81.4 cm³/mol. The normalized spacial score (nSPS) is 10.1. The third kappa shape index (κ3) is 4.42. The number of benzene rings is 1. The number of hydrogen-bond donors (Lipinski definition) is 1. The van der Waals surface area contributed by atoms with Crippen LogP contribution < -0.4 is 15.0 Å². The Morgan fingerprint density at radius 1 is 1.15 bits per heavy atom. The number of rotatable bonds is 7. The van der Waals surface area contributed by atoms with Gasteiger partial charge in [0, 0.05) is 26.8 Å². The van der Waals surface area contributed by atoms with Crippen molar-refractivity contribution in [2.75, 3.05) is 37.5 Å². The Kier molecular flexibility index (Phi) is 5.17. The smallest absolute Gasteiger partial charge is 0.226 e. The quantitative estimate of drug-likeness (QED) is 0.784. The summed E-state index contributed by atoms with van der Waals surface area (Å²) < 4.78 is 5.62. The Morgan fingerprint density at radius 2 is 1.95 bits per heavy atom. The van der Waals surface area contributed by atoms with Gasteiger partial charge in [0.05, 0.1) is 6.61 Å². The van der Waals surface area contributed by atoms with Crippen LogP contribution in [-0.2, 0) is 0 Å². The Balaban J connectivity index is 1.69. The topological polar surface area (TPSA) is 50.3 Å². The van der Waals surface area contributed by atoms with E-state index in [9.17, 15) is 0 Å². The summed E-state index contributed by atoms with van der Waals surface area (Å²) in [6.07, 6.45) is 2.67. The van der Waals surface area contributed by atoms with Crippen LogP contribution in [0.25, 0.3) is 0 Å². The van der Waals surface area contributed by atoms with Crippen molar-refractivity contribution in [2.45, 2.75) is 6.42 Å². The molecule has 0 spiro atoms. The fourth-order valence-electron chi connectivity index (χ4n) is 1.66. The minimum absolute atomic E-state index is 0.683. The van der Waals surface area contributed by atoms with Crippen LogP contribution in [0.1, 0.15) is 6.42 Å². The van der Waals surface area contributed by atoms with Gasteiger partial charge >= 0.3 is 0 Å². The van der Waals surface area contributed by atoms with Crippen molar-refractivity contribution in [3.05, 3.63) is 42.6 Å². The van der Waals surface area contributed by atoms with E-state index in [0.717, 1.165) is 24.5 Å². The molecule has 5 heteroatoms. The fraction of sp³-hybridized carbons (Fsp3) is 0.333. The first-order chi connectivity index (χ1) is 9.75. The van der Waals surface area contributed by atoms with Crippen LogP contribution in [0.5, 0.6) is 5.75 Å². The monoisotopic (exact) mass is 272 g/mol. The maximum atomic E-state index is 5.62. The van der Waals surface area contributed by atoms with E-state index < -0.39 is 0 Å². The van der Waals surface area contributed by atoms with Crippen LogP contribution in [0.2, 0.25) is 0 Å². The first-order valence-corrected chi connectivity index (χ1v) is 6.68. The summed E-state index contributed by atoms with van der Waals surface area (Å²) in [7, 11) is 3.85. The zero-order valence-electron chi connectivity index (χ0n) is 11.9. The van der Waals surface area contributed by atoms with E-state index in [4.69, 9.17) is 4.74 Å². The molecule has 0 amide bonds. The standard InChI is InChI=1S/C15H20N4O/c1-19(2)15-17-11-9-14(18-15)16-10-6-12-20-13-7-4-3-5-8-13/h3-5,7-9,11H,6,10,12H2,1-2H3,(H,16,17,18). The molecule has 1 aromatic carbocycles. The number of nitrogens with one attached hydrogen (secondary N) is 1. The lowest BCUT2D eigenvalue weighted by Gasteiger charge is -2.12. The van der Waals surface area contributed by atoms with Gasteiger partial charge < -0.3 is 15.0 Å². The van der Waals surface area contributed by atoms with Crippen LogP contribution in [-0.4, -0.2) is 37.2 Å². The van der Waals surface area contributed by atoms with Crippen molar-refractivity contribution < 1.29 is 4.74 Å². The highest BCUT2D eigenvalue weighted by Gasteiger charge is 2.00. The molecule has 106 valence electrons. The second-order valence-electron chi connectivity index (χ2n) is 4.58. The molecule has 0 unspecified atom stereocenters. The van der Waals surface area contributed by atoms with Gasteiger partial charge in [-0.25, -0.2) is 4.98 Å². The molecule has 20 heavy (non-hydrogen) atoms. The zero-order valence-corrected chi connectivity index (χ0v) is 11.9. The first-order valence-electron chi connectivity index (χ1n) is 6.68. The van der Waals surface area contributed by atoms with E-state index >= 15 is 0 Å². The molecule has 5 nitrogen and oxygen atoms in total. The van der Waals surface area contributed by atoms with Gasteiger partial charge in [0.15, 0.2) is 0 Å². The molecule has 0 fully saturated rings. The molecule has 0 aliphatic carbocycles. The molecule has 0 saturated carbocycles. The number of para-hydroxylation sites is 1. The number of nitrogens with zero attached hydrogens (tertiary/aromatic N) is 3. The Labute approximate surface area is 119 Å².